The van der Waals surface area contributed by atoms with Crippen molar-refractivity contribution in [3.63, 3.8) is 0 Å². The first-order valence-corrected chi connectivity index (χ1v) is 4.61. The van der Waals surface area contributed by atoms with Crippen molar-refractivity contribution in [1.82, 2.24) is 4.98 Å². The summed E-state index contributed by atoms with van der Waals surface area (Å²) in [6.07, 6.45) is 2.59. The Kier molecular flexibility index (Phi) is 2.64. The van der Waals surface area contributed by atoms with E-state index < -0.39 is 11.2 Å². The third kappa shape index (κ3) is 2.06. The molecule has 0 fully saturated rings. The number of halogens is 1. The SMILES string of the molecule is O=c1ccc(-c2cncc(F)c2)ccc1O. The van der Waals surface area contributed by atoms with Crippen LogP contribution in [0.2, 0.25) is 0 Å². The fourth-order valence-corrected chi connectivity index (χ4v) is 1.32. The van der Waals surface area contributed by atoms with Crippen molar-refractivity contribution in [2.24, 2.45) is 0 Å². The van der Waals surface area contributed by atoms with Gasteiger partial charge in [-0.15, -0.1) is 0 Å². The molecule has 0 bridgehead atoms. The first kappa shape index (κ1) is 10.3. The summed E-state index contributed by atoms with van der Waals surface area (Å²) in [5.74, 6) is -0.786. The molecular formula is C12H8FNO2. The second kappa shape index (κ2) is 4.10. The fraction of sp³-hybridized carbons (Fsp3) is 0. The smallest absolute Gasteiger partial charge is 0.220 e. The fourth-order valence-electron chi connectivity index (χ4n) is 1.32. The van der Waals surface area contributed by atoms with Crippen molar-refractivity contribution < 1.29 is 9.50 Å². The molecule has 0 saturated carbocycles. The zero-order valence-electron chi connectivity index (χ0n) is 8.22. The van der Waals surface area contributed by atoms with E-state index >= 15 is 0 Å². The van der Waals surface area contributed by atoms with Crippen LogP contribution in [0.3, 0.4) is 0 Å². The van der Waals surface area contributed by atoms with E-state index in [1.54, 1.807) is 0 Å². The molecule has 1 heterocycles. The molecule has 1 aromatic heterocycles. The Hall–Kier alpha value is -2.23. The average Bonchev–Trinajstić information content (AvgIpc) is 2.43. The molecule has 1 aromatic carbocycles. The van der Waals surface area contributed by atoms with Gasteiger partial charge in [-0.25, -0.2) is 4.39 Å². The minimum absolute atomic E-state index is 0.337. The monoisotopic (exact) mass is 217 g/mol. The van der Waals surface area contributed by atoms with Crippen molar-refractivity contribution in [3.8, 4) is 16.9 Å². The van der Waals surface area contributed by atoms with Gasteiger partial charge < -0.3 is 5.11 Å². The standard InChI is InChI=1S/C12H8FNO2/c13-10-5-9(6-14-7-10)8-1-3-11(15)12(16)4-2-8/h1-7H,(H,15,16). The Labute approximate surface area is 90.8 Å². The van der Waals surface area contributed by atoms with Crippen molar-refractivity contribution in [3.05, 3.63) is 58.8 Å². The largest absolute Gasteiger partial charge is 0.504 e. The summed E-state index contributed by atoms with van der Waals surface area (Å²) in [5.41, 5.74) is 0.690. The Balaban J connectivity index is 2.58. The van der Waals surface area contributed by atoms with E-state index in [1.165, 1.54) is 36.5 Å². The molecule has 3 nitrogen and oxygen atoms in total. The zero-order chi connectivity index (χ0) is 11.5. The number of nitrogens with zero attached hydrogens (tertiary/aromatic N) is 1. The van der Waals surface area contributed by atoms with Crippen LogP contribution in [0.5, 0.6) is 5.75 Å². The van der Waals surface area contributed by atoms with E-state index in [1.807, 2.05) is 0 Å². The van der Waals surface area contributed by atoms with E-state index in [-0.39, 0.29) is 5.75 Å². The van der Waals surface area contributed by atoms with Crippen LogP contribution >= 0.6 is 0 Å². The second-order valence-corrected chi connectivity index (χ2v) is 3.26. The third-order valence-electron chi connectivity index (χ3n) is 2.13. The lowest BCUT2D eigenvalue weighted by molar-refractivity contribution is 0.471. The van der Waals surface area contributed by atoms with Gasteiger partial charge in [0, 0.05) is 11.8 Å². The summed E-state index contributed by atoms with van der Waals surface area (Å²) in [7, 11) is 0. The molecule has 80 valence electrons. The lowest BCUT2D eigenvalue weighted by Crippen LogP contribution is -1.91. The normalized spacial score (nSPS) is 10.1. The predicted molar refractivity (Wildman–Crippen MR) is 57.6 cm³/mol. The molecule has 2 rings (SSSR count). The number of aromatic nitrogens is 1. The summed E-state index contributed by atoms with van der Waals surface area (Å²) >= 11 is 0. The van der Waals surface area contributed by atoms with E-state index in [4.69, 9.17) is 0 Å². The maximum atomic E-state index is 12.9. The average molecular weight is 217 g/mol. The first-order chi connectivity index (χ1) is 7.66. The molecule has 0 aliphatic heterocycles. The molecule has 0 amide bonds. The van der Waals surface area contributed by atoms with E-state index in [0.29, 0.717) is 11.1 Å². The highest BCUT2D eigenvalue weighted by Gasteiger charge is 2.00. The van der Waals surface area contributed by atoms with Gasteiger partial charge in [0.25, 0.3) is 0 Å². The van der Waals surface area contributed by atoms with E-state index in [9.17, 15) is 14.3 Å². The van der Waals surface area contributed by atoms with Gasteiger partial charge in [0.1, 0.15) is 5.82 Å². The van der Waals surface area contributed by atoms with Crippen LogP contribution in [-0.4, -0.2) is 10.1 Å². The predicted octanol–water partition coefficient (Wildman–Crippen LogP) is 1.95. The number of rotatable bonds is 1. The lowest BCUT2D eigenvalue weighted by atomic mass is 10.1. The summed E-state index contributed by atoms with van der Waals surface area (Å²) in [6.45, 7) is 0. The highest BCUT2D eigenvalue weighted by atomic mass is 19.1. The molecule has 0 unspecified atom stereocenters. The Morgan fingerprint density at radius 2 is 1.81 bits per heavy atom. The van der Waals surface area contributed by atoms with Crippen molar-refractivity contribution >= 4 is 0 Å². The van der Waals surface area contributed by atoms with Crippen molar-refractivity contribution in [2.45, 2.75) is 0 Å². The van der Waals surface area contributed by atoms with Crippen LogP contribution < -0.4 is 5.43 Å². The van der Waals surface area contributed by atoms with Gasteiger partial charge in [-0.2, -0.15) is 0 Å². The second-order valence-electron chi connectivity index (χ2n) is 3.26. The number of pyridine rings is 1. The molecule has 0 atom stereocenters. The van der Waals surface area contributed by atoms with Gasteiger partial charge in [-0.05, 0) is 23.8 Å². The van der Waals surface area contributed by atoms with Gasteiger partial charge in [-0.1, -0.05) is 12.1 Å². The van der Waals surface area contributed by atoms with Crippen LogP contribution in [-0.2, 0) is 0 Å². The Morgan fingerprint density at radius 1 is 1.06 bits per heavy atom. The summed E-state index contributed by atoms with van der Waals surface area (Å²) < 4.78 is 12.9. The van der Waals surface area contributed by atoms with Crippen LogP contribution in [0, 0.1) is 5.82 Å². The van der Waals surface area contributed by atoms with Crippen LogP contribution in [0.25, 0.3) is 11.1 Å². The third-order valence-corrected chi connectivity index (χ3v) is 2.13. The Bertz CT molecular complexity index is 584. The molecule has 0 spiro atoms. The quantitative estimate of drug-likeness (QED) is 0.794. The van der Waals surface area contributed by atoms with Crippen molar-refractivity contribution in [2.75, 3.05) is 0 Å². The van der Waals surface area contributed by atoms with Gasteiger partial charge >= 0.3 is 0 Å². The first-order valence-electron chi connectivity index (χ1n) is 4.61. The highest BCUT2D eigenvalue weighted by Crippen LogP contribution is 2.18. The zero-order valence-corrected chi connectivity index (χ0v) is 8.22. The molecule has 0 radical (unpaired) electrons. The van der Waals surface area contributed by atoms with Gasteiger partial charge in [0.15, 0.2) is 5.75 Å². The minimum atomic E-state index is -0.476. The maximum absolute atomic E-state index is 12.9. The van der Waals surface area contributed by atoms with Gasteiger partial charge in [-0.3, -0.25) is 9.78 Å². The topological polar surface area (TPSA) is 50.2 Å². The summed E-state index contributed by atoms with van der Waals surface area (Å²) in [6, 6.07) is 6.87. The van der Waals surface area contributed by atoms with Crippen LogP contribution in [0.15, 0.2) is 47.5 Å². The molecule has 4 heteroatoms. The summed E-state index contributed by atoms with van der Waals surface area (Å²) in [5, 5.41) is 9.20. The number of hydrogen-bond donors (Lipinski definition) is 1. The molecule has 16 heavy (non-hydrogen) atoms. The highest BCUT2D eigenvalue weighted by molar-refractivity contribution is 5.62. The molecule has 2 aromatic rings. The van der Waals surface area contributed by atoms with Crippen LogP contribution in [0.4, 0.5) is 4.39 Å². The van der Waals surface area contributed by atoms with Crippen molar-refractivity contribution in [1.29, 1.82) is 0 Å². The summed E-state index contributed by atoms with van der Waals surface area (Å²) in [4.78, 5) is 14.8. The number of aromatic hydroxyl groups is 1. The molecule has 0 aliphatic rings. The minimum Gasteiger partial charge on any atom is -0.504 e. The molecule has 1 N–H and O–H groups in total. The van der Waals surface area contributed by atoms with E-state index in [2.05, 4.69) is 4.98 Å². The molecule has 0 aliphatic carbocycles. The number of hydrogen-bond acceptors (Lipinski definition) is 3. The molecular weight excluding hydrogens is 209 g/mol. The maximum Gasteiger partial charge on any atom is 0.220 e. The Morgan fingerprint density at radius 3 is 2.56 bits per heavy atom. The lowest BCUT2D eigenvalue weighted by Gasteiger charge is -1.97. The molecule has 0 saturated heterocycles. The van der Waals surface area contributed by atoms with Gasteiger partial charge in [0.05, 0.1) is 6.20 Å². The van der Waals surface area contributed by atoms with Crippen LogP contribution in [0.1, 0.15) is 0 Å². The van der Waals surface area contributed by atoms with E-state index in [0.717, 1.165) is 6.20 Å². The van der Waals surface area contributed by atoms with Gasteiger partial charge in [0.2, 0.25) is 5.43 Å².